The standard InChI is InChI=1S/C15H12OS2/c16-15(18-14-9-5-2-6-10-14)11-12-17-13-7-3-1-4-8-13/h1-12H/b12-11+. The van der Waals surface area contributed by atoms with E-state index >= 15 is 0 Å². The van der Waals surface area contributed by atoms with Crippen LogP contribution in [0.4, 0.5) is 0 Å². The second-order valence-corrected chi connectivity index (χ2v) is 5.52. The highest BCUT2D eigenvalue weighted by molar-refractivity contribution is 8.14. The average Bonchev–Trinajstić information content (AvgIpc) is 2.41. The second kappa shape index (κ2) is 7.09. The van der Waals surface area contributed by atoms with Crippen LogP contribution in [0, 0.1) is 0 Å². The maximum atomic E-state index is 11.7. The van der Waals surface area contributed by atoms with Crippen molar-refractivity contribution in [1.82, 2.24) is 0 Å². The molecule has 0 amide bonds. The molecule has 0 saturated heterocycles. The van der Waals surface area contributed by atoms with Crippen LogP contribution in [0.3, 0.4) is 0 Å². The maximum Gasteiger partial charge on any atom is 0.217 e. The Balaban J connectivity index is 1.85. The number of carbonyl (C=O) groups is 1. The van der Waals surface area contributed by atoms with E-state index in [2.05, 4.69) is 0 Å². The van der Waals surface area contributed by atoms with Crippen LogP contribution in [-0.4, -0.2) is 5.12 Å². The van der Waals surface area contributed by atoms with E-state index in [-0.39, 0.29) is 5.12 Å². The first kappa shape index (κ1) is 13.0. The highest BCUT2D eigenvalue weighted by Gasteiger charge is 1.99. The third kappa shape index (κ3) is 4.43. The largest absolute Gasteiger partial charge is 0.282 e. The third-order valence-corrected chi connectivity index (χ3v) is 3.77. The van der Waals surface area contributed by atoms with Gasteiger partial charge in [-0.1, -0.05) is 48.2 Å². The van der Waals surface area contributed by atoms with Crippen LogP contribution in [0.1, 0.15) is 0 Å². The molecule has 2 aromatic rings. The fourth-order valence-electron chi connectivity index (χ4n) is 1.31. The third-order valence-electron chi connectivity index (χ3n) is 2.11. The highest BCUT2D eigenvalue weighted by Crippen LogP contribution is 2.21. The van der Waals surface area contributed by atoms with Gasteiger partial charge in [-0.2, -0.15) is 0 Å². The molecule has 0 aliphatic heterocycles. The molecule has 0 N–H and O–H groups in total. The monoisotopic (exact) mass is 272 g/mol. The lowest BCUT2D eigenvalue weighted by atomic mass is 10.4. The van der Waals surface area contributed by atoms with Gasteiger partial charge in [0.05, 0.1) is 0 Å². The molecule has 2 rings (SSSR count). The van der Waals surface area contributed by atoms with Gasteiger partial charge in [0.2, 0.25) is 5.12 Å². The quantitative estimate of drug-likeness (QED) is 0.597. The molecule has 0 aliphatic rings. The van der Waals surface area contributed by atoms with Crippen LogP contribution >= 0.6 is 23.5 Å². The van der Waals surface area contributed by atoms with Crippen molar-refractivity contribution in [1.29, 1.82) is 0 Å². The molecule has 1 nitrogen and oxygen atoms in total. The van der Waals surface area contributed by atoms with Crippen LogP contribution in [-0.2, 0) is 4.79 Å². The Kier molecular flexibility index (Phi) is 5.12. The van der Waals surface area contributed by atoms with Gasteiger partial charge in [-0.05, 0) is 47.5 Å². The smallest absolute Gasteiger partial charge is 0.217 e. The first-order chi connectivity index (χ1) is 8.84. The number of benzene rings is 2. The fourth-order valence-corrected chi connectivity index (χ4v) is 2.72. The zero-order chi connectivity index (χ0) is 12.6. The summed E-state index contributed by atoms with van der Waals surface area (Å²) in [6.45, 7) is 0. The Morgan fingerprint density at radius 1 is 0.833 bits per heavy atom. The van der Waals surface area contributed by atoms with E-state index in [0.29, 0.717) is 0 Å². The van der Waals surface area contributed by atoms with Crippen molar-refractivity contribution in [2.24, 2.45) is 0 Å². The van der Waals surface area contributed by atoms with Gasteiger partial charge in [0, 0.05) is 9.79 Å². The Morgan fingerprint density at radius 2 is 1.39 bits per heavy atom. The van der Waals surface area contributed by atoms with Crippen molar-refractivity contribution in [3.05, 3.63) is 72.1 Å². The minimum atomic E-state index is 0.0460. The number of carbonyl (C=O) groups excluding carboxylic acids is 1. The van der Waals surface area contributed by atoms with E-state index < -0.39 is 0 Å². The molecule has 0 aliphatic carbocycles. The summed E-state index contributed by atoms with van der Waals surface area (Å²) in [6, 6.07) is 19.6. The maximum absolute atomic E-state index is 11.7. The van der Waals surface area contributed by atoms with E-state index in [1.165, 1.54) is 11.8 Å². The summed E-state index contributed by atoms with van der Waals surface area (Å²) < 4.78 is 0. The highest BCUT2D eigenvalue weighted by atomic mass is 32.2. The number of hydrogen-bond acceptors (Lipinski definition) is 3. The van der Waals surface area contributed by atoms with E-state index in [1.54, 1.807) is 17.8 Å². The van der Waals surface area contributed by atoms with E-state index in [9.17, 15) is 4.79 Å². The molecule has 18 heavy (non-hydrogen) atoms. The zero-order valence-electron chi connectivity index (χ0n) is 9.65. The molecule has 0 saturated carbocycles. The molecule has 0 radical (unpaired) electrons. The Bertz CT molecular complexity index is 521. The van der Waals surface area contributed by atoms with Crippen molar-refractivity contribution >= 4 is 28.6 Å². The van der Waals surface area contributed by atoms with Gasteiger partial charge in [0.25, 0.3) is 0 Å². The van der Waals surface area contributed by atoms with Crippen molar-refractivity contribution < 1.29 is 4.79 Å². The normalized spacial score (nSPS) is 10.7. The summed E-state index contributed by atoms with van der Waals surface area (Å²) >= 11 is 2.78. The minimum absolute atomic E-state index is 0.0460. The number of hydrogen-bond donors (Lipinski definition) is 0. The van der Waals surface area contributed by atoms with Gasteiger partial charge in [0.1, 0.15) is 0 Å². The summed E-state index contributed by atoms with van der Waals surface area (Å²) in [5.74, 6) is 0. The van der Waals surface area contributed by atoms with E-state index in [4.69, 9.17) is 0 Å². The lowest BCUT2D eigenvalue weighted by Gasteiger charge is -1.96. The Labute approximate surface area is 115 Å². The number of thioether (sulfide) groups is 2. The second-order valence-electron chi connectivity index (χ2n) is 3.47. The summed E-state index contributed by atoms with van der Waals surface area (Å²) in [5.41, 5.74) is 0. The minimum Gasteiger partial charge on any atom is -0.282 e. The van der Waals surface area contributed by atoms with Crippen LogP contribution in [0.25, 0.3) is 0 Å². The molecule has 0 bridgehead atoms. The zero-order valence-corrected chi connectivity index (χ0v) is 11.3. The van der Waals surface area contributed by atoms with Gasteiger partial charge in [0.15, 0.2) is 0 Å². The molecular formula is C15H12OS2. The predicted octanol–water partition coefficient (Wildman–Crippen LogP) is 4.61. The summed E-state index contributed by atoms with van der Waals surface area (Å²) in [7, 11) is 0. The molecule has 0 spiro atoms. The van der Waals surface area contributed by atoms with Crippen LogP contribution in [0.2, 0.25) is 0 Å². The van der Waals surface area contributed by atoms with E-state index in [0.717, 1.165) is 9.79 Å². The first-order valence-electron chi connectivity index (χ1n) is 5.50. The van der Waals surface area contributed by atoms with Crippen molar-refractivity contribution in [2.45, 2.75) is 9.79 Å². The molecule has 90 valence electrons. The average molecular weight is 272 g/mol. The van der Waals surface area contributed by atoms with Gasteiger partial charge in [-0.15, -0.1) is 0 Å². The first-order valence-corrected chi connectivity index (χ1v) is 7.19. The Morgan fingerprint density at radius 3 is 2.00 bits per heavy atom. The Hall–Kier alpha value is -1.45. The molecule has 0 fully saturated rings. The van der Waals surface area contributed by atoms with Gasteiger partial charge in [-0.3, -0.25) is 4.79 Å². The van der Waals surface area contributed by atoms with Crippen molar-refractivity contribution in [3.63, 3.8) is 0 Å². The van der Waals surface area contributed by atoms with Crippen LogP contribution in [0.5, 0.6) is 0 Å². The van der Waals surface area contributed by atoms with Gasteiger partial charge >= 0.3 is 0 Å². The molecule has 0 unspecified atom stereocenters. The fraction of sp³-hybridized carbons (Fsp3) is 0. The predicted molar refractivity (Wildman–Crippen MR) is 78.7 cm³/mol. The molecule has 0 atom stereocenters. The van der Waals surface area contributed by atoms with Crippen molar-refractivity contribution in [2.75, 3.05) is 0 Å². The number of rotatable bonds is 4. The summed E-state index contributed by atoms with van der Waals surface area (Å²) in [6.07, 6.45) is 1.61. The summed E-state index contributed by atoms with van der Waals surface area (Å²) in [4.78, 5) is 13.8. The topological polar surface area (TPSA) is 17.1 Å². The molecule has 2 aromatic carbocycles. The molecule has 0 heterocycles. The van der Waals surface area contributed by atoms with Crippen LogP contribution < -0.4 is 0 Å². The van der Waals surface area contributed by atoms with Crippen molar-refractivity contribution in [3.8, 4) is 0 Å². The lowest BCUT2D eigenvalue weighted by Crippen LogP contribution is -1.83. The molecular weight excluding hydrogens is 260 g/mol. The van der Waals surface area contributed by atoms with E-state index in [1.807, 2.05) is 66.1 Å². The van der Waals surface area contributed by atoms with Gasteiger partial charge in [-0.25, -0.2) is 0 Å². The van der Waals surface area contributed by atoms with Gasteiger partial charge < -0.3 is 0 Å². The molecule has 0 aromatic heterocycles. The lowest BCUT2D eigenvalue weighted by molar-refractivity contribution is -0.107. The molecule has 3 heteroatoms. The SMILES string of the molecule is O=C(/C=C/Sc1ccccc1)Sc1ccccc1. The summed E-state index contributed by atoms with van der Waals surface area (Å²) in [5, 5.41) is 1.87. The van der Waals surface area contributed by atoms with Crippen LogP contribution in [0.15, 0.2) is 81.9 Å².